The predicted molar refractivity (Wildman–Crippen MR) is 137 cm³/mol. The molecule has 1 unspecified atom stereocenters. The minimum absolute atomic E-state index is 0.261. The van der Waals surface area contributed by atoms with Crippen LogP contribution in [0.15, 0.2) is 122 Å². The summed E-state index contributed by atoms with van der Waals surface area (Å²) in [5, 5.41) is 9.54. The maximum Gasteiger partial charge on any atom is 0.124 e. The summed E-state index contributed by atoms with van der Waals surface area (Å²) in [4.78, 5) is 7.94. The van der Waals surface area contributed by atoms with Crippen LogP contribution in [0, 0.1) is 11.3 Å². The van der Waals surface area contributed by atoms with Crippen LogP contribution < -0.4 is 4.74 Å². The fraction of sp³-hybridized carbons (Fsp3) is 0.0968. The van der Waals surface area contributed by atoms with Crippen molar-refractivity contribution in [3.05, 3.63) is 155 Å². The summed E-state index contributed by atoms with van der Waals surface area (Å²) in [6.07, 6.45) is 3.66. The Hall–Kier alpha value is -4.62. The maximum atomic E-state index is 9.54. The van der Waals surface area contributed by atoms with Crippen molar-refractivity contribution in [2.75, 3.05) is 7.11 Å². The second kappa shape index (κ2) is 9.70. The molecule has 4 nitrogen and oxygen atoms in total. The van der Waals surface area contributed by atoms with Crippen LogP contribution in [-0.2, 0) is 5.41 Å². The minimum atomic E-state index is -0.638. The van der Waals surface area contributed by atoms with Gasteiger partial charge in [-0.25, -0.2) is 4.98 Å². The standard InChI is InChI=1S/C31H25N3O/c1-35-29-19-23(20-32)17-18-27(29)30(28-21-33-22-34-28)31(24-11-5-2-6-12-24,25-13-7-3-8-14-25)26-15-9-4-10-16-26/h2-19,21-22,30H,1H3,(H,33,34). The van der Waals surface area contributed by atoms with Gasteiger partial charge in [-0.15, -0.1) is 0 Å². The second-order valence-electron chi connectivity index (χ2n) is 8.40. The Kier molecular flexibility index (Phi) is 6.15. The number of imidazole rings is 1. The summed E-state index contributed by atoms with van der Waals surface area (Å²) < 4.78 is 5.88. The van der Waals surface area contributed by atoms with Crippen LogP contribution in [0.1, 0.15) is 39.4 Å². The van der Waals surface area contributed by atoms with E-state index in [1.807, 2.05) is 36.5 Å². The molecule has 0 saturated heterocycles. The van der Waals surface area contributed by atoms with Gasteiger partial charge in [-0.3, -0.25) is 0 Å². The van der Waals surface area contributed by atoms with Gasteiger partial charge in [0.1, 0.15) is 5.75 Å². The molecule has 0 bridgehead atoms. The monoisotopic (exact) mass is 455 g/mol. The van der Waals surface area contributed by atoms with E-state index in [1.165, 1.54) is 0 Å². The van der Waals surface area contributed by atoms with Crippen LogP contribution in [-0.4, -0.2) is 17.1 Å². The first-order valence-corrected chi connectivity index (χ1v) is 11.5. The highest BCUT2D eigenvalue weighted by atomic mass is 16.5. The van der Waals surface area contributed by atoms with Gasteiger partial charge in [0.05, 0.1) is 36.2 Å². The molecule has 0 amide bonds. The number of rotatable bonds is 7. The molecule has 0 spiro atoms. The highest BCUT2D eigenvalue weighted by Gasteiger charge is 2.47. The zero-order chi connectivity index (χ0) is 24.1. The molecule has 1 aromatic heterocycles. The Morgan fingerprint density at radius 3 is 1.77 bits per heavy atom. The third kappa shape index (κ3) is 3.88. The number of aromatic amines is 1. The van der Waals surface area contributed by atoms with E-state index in [9.17, 15) is 5.26 Å². The molecular formula is C31H25N3O. The van der Waals surface area contributed by atoms with Gasteiger partial charge in [-0.1, -0.05) is 97.1 Å². The summed E-state index contributed by atoms with van der Waals surface area (Å²) in [7, 11) is 1.65. The quantitative estimate of drug-likeness (QED) is 0.287. The first kappa shape index (κ1) is 22.2. The van der Waals surface area contributed by atoms with Gasteiger partial charge in [0.15, 0.2) is 0 Å². The van der Waals surface area contributed by atoms with Gasteiger partial charge in [0, 0.05) is 17.7 Å². The fourth-order valence-corrected chi connectivity index (χ4v) is 5.17. The molecule has 4 aromatic carbocycles. The van der Waals surface area contributed by atoms with Crippen LogP contribution in [0.3, 0.4) is 0 Å². The highest BCUT2D eigenvalue weighted by Crippen LogP contribution is 2.53. The third-order valence-electron chi connectivity index (χ3n) is 6.61. The van der Waals surface area contributed by atoms with Crippen molar-refractivity contribution in [2.24, 2.45) is 0 Å². The predicted octanol–water partition coefficient (Wildman–Crippen LogP) is 6.46. The summed E-state index contributed by atoms with van der Waals surface area (Å²) in [6.45, 7) is 0. The molecule has 1 atom stereocenters. The van der Waals surface area contributed by atoms with E-state index >= 15 is 0 Å². The van der Waals surface area contributed by atoms with Gasteiger partial charge in [-0.05, 0) is 28.8 Å². The van der Waals surface area contributed by atoms with Crippen LogP contribution in [0.4, 0.5) is 0 Å². The first-order valence-electron chi connectivity index (χ1n) is 11.5. The van der Waals surface area contributed by atoms with Gasteiger partial charge in [0.25, 0.3) is 0 Å². The van der Waals surface area contributed by atoms with Gasteiger partial charge in [-0.2, -0.15) is 5.26 Å². The molecule has 1 N–H and O–H groups in total. The molecule has 0 aliphatic heterocycles. The molecule has 5 rings (SSSR count). The number of H-pyrrole nitrogens is 1. The largest absolute Gasteiger partial charge is 0.496 e. The van der Waals surface area contributed by atoms with Crippen molar-refractivity contribution in [1.29, 1.82) is 5.26 Å². The molecule has 0 saturated carbocycles. The second-order valence-corrected chi connectivity index (χ2v) is 8.40. The van der Waals surface area contributed by atoms with E-state index in [0.717, 1.165) is 27.9 Å². The SMILES string of the molecule is COc1cc(C#N)ccc1C(c1c[nH]cn1)C(c1ccccc1)(c1ccccc1)c1ccccc1. The Morgan fingerprint density at radius 2 is 1.34 bits per heavy atom. The van der Waals surface area contributed by atoms with Crippen molar-refractivity contribution < 1.29 is 4.74 Å². The highest BCUT2D eigenvalue weighted by molar-refractivity contribution is 5.60. The summed E-state index contributed by atoms with van der Waals surface area (Å²) in [5.41, 5.74) is 5.15. The van der Waals surface area contributed by atoms with E-state index in [-0.39, 0.29) is 5.92 Å². The van der Waals surface area contributed by atoms with Crippen molar-refractivity contribution >= 4 is 0 Å². The molecule has 4 heteroatoms. The Morgan fingerprint density at radius 1 is 0.800 bits per heavy atom. The van der Waals surface area contributed by atoms with E-state index in [4.69, 9.17) is 9.72 Å². The number of nitriles is 1. The van der Waals surface area contributed by atoms with Crippen molar-refractivity contribution in [1.82, 2.24) is 9.97 Å². The normalized spacial score (nSPS) is 12.0. The maximum absolute atomic E-state index is 9.54. The summed E-state index contributed by atoms with van der Waals surface area (Å²) >= 11 is 0. The molecule has 170 valence electrons. The number of aromatic nitrogens is 2. The van der Waals surface area contributed by atoms with Gasteiger partial charge in [0.2, 0.25) is 0 Å². The molecule has 1 heterocycles. The lowest BCUT2D eigenvalue weighted by Crippen LogP contribution is -2.37. The van der Waals surface area contributed by atoms with Crippen molar-refractivity contribution in [3.8, 4) is 11.8 Å². The zero-order valence-electron chi connectivity index (χ0n) is 19.4. The Balaban J connectivity index is 1.95. The number of hydrogen-bond donors (Lipinski definition) is 1. The van der Waals surface area contributed by atoms with E-state index < -0.39 is 5.41 Å². The Labute approximate surface area is 205 Å². The Bertz CT molecular complexity index is 1330. The number of nitrogens with zero attached hydrogens (tertiary/aromatic N) is 2. The zero-order valence-corrected chi connectivity index (χ0v) is 19.4. The number of nitrogens with one attached hydrogen (secondary N) is 1. The molecule has 5 aromatic rings. The third-order valence-corrected chi connectivity index (χ3v) is 6.61. The molecule has 35 heavy (non-hydrogen) atoms. The lowest BCUT2D eigenvalue weighted by molar-refractivity contribution is 0.399. The lowest BCUT2D eigenvalue weighted by atomic mass is 9.59. The smallest absolute Gasteiger partial charge is 0.124 e. The van der Waals surface area contributed by atoms with Crippen LogP contribution in [0.25, 0.3) is 0 Å². The molecule has 0 aliphatic rings. The van der Waals surface area contributed by atoms with Crippen LogP contribution in [0.2, 0.25) is 0 Å². The topological polar surface area (TPSA) is 61.7 Å². The van der Waals surface area contributed by atoms with E-state index in [0.29, 0.717) is 11.3 Å². The van der Waals surface area contributed by atoms with Crippen LogP contribution in [0.5, 0.6) is 5.75 Å². The lowest BCUT2D eigenvalue weighted by Gasteiger charge is -2.43. The average molecular weight is 456 g/mol. The average Bonchev–Trinajstić information content (AvgIpc) is 3.47. The molecular weight excluding hydrogens is 430 g/mol. The first-order chi connectivity index (χ1) is 17.3. The van der Waals surface area contributed by atoms with Gasteiger partial charge >= 0.3 is 0 Å². The fourth-order valence-electron chi connectivity index (χ4n) is 5.17. The molecule has 0 radical (unpaired) electrons. The summed E-state index contributed by atoms with van der Waals surface area (Å²) in [6, 6.07) is 39.5. The van der Waals surface area contributed by atoms with E-state index in [2.05, 4.69) is 83.8 Å². The number of ether oxygens (including phenoxy) is 1. The summed E-state index contributed by atoms with van der Waals surface area (Å²) in [5.74, 6) is 0.396. The van der Waals surface area contributed by atoms with Crippen molar-refractivity contribution in [2.45, 2.75) is 11.3 Å². The van der Waals surface area contributed by atoms with E-state index in [1.54, 1.807) is 19.5 Å². The van der Waals surface area contributed by atoms with Gasteiger partial charge < -0.3 is 9.72 Å². The molecule has 0 fully saturated rings. The van der Waals surface area contributed by atoms with Crippen molar-refractivity contribution in [3.63, 3.8) is 0 Å². The number of hydrogen-bond acceptors (Lipinski definition) is 3. The minimum Gasteiger partial charge on any atom is -0.496 e. The van der Waals surface area contributed by atoms with Crippen LogP contribution >= 0.6 is 0 Å². The number of benzene rings is 4. The number of methoxy groups -OCH3 is 1. The molecule has 0 aliphatic carbocycles.